The van der Waals surface area contributed by atoms with Crippen LogP contribution in [0, 0.1) is 0 Å². The van der Waals surface area contributed by atoms with Gasteiger partial charge in [-0.2, -0.15) is 9.30 Å². The Balaban J connectivity index is 2.17. The van der Waals surface area contributed by atoms with Gasteiger partial charge in [0.2, 0.25) is 10.0 Å². The zero-order chi connectivity index (χ0) is 19.1. The molecule has 0 aliphatic carbocycles. The van der Waals surface area contributed by atoms with E-state index in [0.29, 0.717) is 21.7 Å². The van der Waals surface area contributed by atoms with Gasteiger partial charge in [0.15, 0.2) is 11.8 Å². The van der Waals surface area contributed by atoms with Crippen LogP contribution in [0.2, 0.25) is 0 Å². The van der Waals surface area contributed by atoms with Crippen LogP contribution in [0.3, 0.4) is 0 Å². The summed E-state index contributed by atoms with van der Waals surface area (Å²) in [7, 11) is -3.98. The second-order valence-corrected chi connectivity index (χ2v) is 8.53. The van der Waals surface area contributed by atoms with Gasteiger partial charge in [-0.05, 0) is 40.9 Å². The quantitative estimate of drug-likeness (QED) is 0.474. The number of halogens is 1. The van der Waals surface area contributed by atoms with Gasteiger partial charge in [0.05, 0.1) is 4.90 Å². The molecule has 0 unspecified atom stereocenters. The summed E-state index contributed by atoms with van der Waals surface area (Å²) >= 11 is 3.36. The van der Waals surface area contributed by atoms with Gasteiger partial charge < -0.3 is 16.6 Å². The minimum atomic E-state index is -3.98. The number of carboxylic acids is 1. The Hall–Kier alpha value is -2.24. The molecule has 0 bridgehead atoms. The van der Waals surface area contributed by atoms with Crippen LogP contribution in [0.25, 0.3) is 10.8 Å². The van der Waals surface area contributed by atoms with Crippen molar-refractivity contribution in [3.8, 4) is 0 Å². The number of benzene rings is 1. The number of aliphatic imine (C=N–C) groups is 1. The monoisotopic (exact) mass is 441 g/mol. The van der Waals surface area contributed by atoms with E-state index in [1.165, 1.54) is 18.3 Å². The maximum absolute atomic E-state index is 13.0. The number of nitrogens with two attached hydrogens (primary N) is 2. The molecule has 138 valence electrons. The van der Waals surface area contributed by atoms with Crippen LogP contribution in [-0.4, -0.2) is 47.3 Å². The summed E-state index contributed by atoms with van der Waals surface area (Å²) in [6, 6.07) is 3.37. The molecule has 2 heterocycles. The Morgan fingerprint density at radius 3 is 2.73 bits per heavy atom. The molecule has 1 saturated heterocycles. The van der Waals surface area contributed by atoms with Crippen LogP contribution < -0.4 is 11.5 Å². The number of sulfonamides is 1. The highest BCUT2D eigenvalue weighted by molar-refractivity contribution is 9.10. The fraction of sp³-hybridized carbons (Fsp3) is 0.267. The summed E-state index contributed by atoms with van der Waals surface area (Å²) in [4.78, 5) is 19.4. The highest BCUT2D eigenvalue weighted by Crippen LogP contribution is 2.33. The van der Waals surface area contributed by atoms with E-state index < -0.39 is 22.0 Å². The number of hydrogen-bond acceptors (Lipinski definition) is 5. The minimum absolute atomic E-state index is 0.0370. The molecule has 11 heteroatoms. The van der Waals surface area contributed by atoms with E-state index >= 15 is 0 Å². The van der Waals surface area contributed by atoms with Gasteiger partial charge in [-0.3, -0.25) is 4.79 Å². The van der Waals surface area contributed by atoms with Gasteiger partial charge in [0.25, 0.3) is 0 Å². The molecule has 3 rings (SSSR count). The van der Waals surface area contributed by atoms with Gasteiger partial charge in [-0.15, -0.1) is 0 Å². The number of aromatic nitrogens is 1. The minimum Gasteiger partial charge on any atom is -0.480 e. The van der Waals surface area contributed by atoms with Crippen molar-refractivity contribution < 1.29 is 18.3 Å². The topological polar surface area (TPSA) is 152 Å². The molecule has 5 N–H and O–H groups in total. The van der Waals surface area contributed by atoms with Gasteiger partial charge in [0.1, 0.15) is 6.04 Å². The van der Waals surface area contributed by atoms with Gasteiger partial charge in [0, 0.05) is 28.0 Å². The lowest BCUT2D eigenvalue weighted by atomic mass is 10.1. The Morgan fingerprint density at radius 2 is 2.08 bits per heavy atom. The number of rotatable bonds is 4. The van der Waals surface area contributed by atoms with Crippen LogP contribution >= 0.6 is 15.9 Å². The van der Waals surface area contributed by atoms with Crippen molar-refractivity contribution in [2.45, 2.75) is 23.8 Å². The standard InChI is InChI=1S/C15H16BrN5O4S/c16-11-7-19-13(20-15(17)18)10-6-8(3-4-9(10)11)26(24,25)21-5-1-2-12(21)14(22)23/h3-4,6-7,12H,1-2,5H2,(H,22,23)(H4,17,18,19,20)/t12-/m0/s1. The van der Waals surface area contributed by atoms with Crippen LogP contribution in [0.15, 0.2) is 38.8 Å². The molecule has 1 aromatic carbocycles. The first-order valence-electron chi connectivity index (χ1n) is 7.64. The molecule has 26 heavy (non-hydrogen) atoms. The van der Waals surface area contributed by atoms with E-state index in [0.717, 1.165) is 4.31 Å². The molecule has 0 saturated carbocycles. The largest absolute Gasteiger partial charge is 0.480 e. The summed E-state index contributed by atoms with van der Waals surface area (Å²) in [5, 5.41) is 10.4. The Kier molecular flexibility index (Phi) is 4.86. The number of guanidine groups is 1. The summed E-state index contributed by atoms with van der Waals surface area (Å²) in [6.07, 6.45) is 2.30. The van der Waals surface area contributed by atoms with E-state index in [-0.39, 0.29) is 29.6 Å². The van der Waals surface area contributed by atoms with Crippen molar-refractivity contribution in [1.82, 2.24) is 9.29 Å². The lowest BCUT2D eigenvalue weighted by Crippen LogP contribution is -2.40. The van der Waals surface area contributed by atoms with Crippen molar-refractivity contribution in [2.75, 3.05) is 6.54 Å². The second kappa shape index (κ2) is 6.82. The highest BCUT2D eigenvalue weighted by atomic mass is 79.9. The smallest absolute Gasteiger partial charge is 0.322 e. The lowest BCUT2D eigenvalue weighted by molar-refractivity contribution is -0.140. The average Bonchev–Trinajstić information content (AvgIpc) is 3.07. The van der Waals surface area contributed by atoms with Crippen molar-refractivity contribution >= 4 is 54.5 Å². The van der Waals surface area contributed by atoms with Crippen molar-refractivity contribution in [2.24, 2.45) is 16.5 Å². The number of hydrogen-bond donors (Lipinski definition) is 3. The maximum Gasteiger partial charge on any atom is 0.322 e. The predicted molar refractivity (Wildman–Crippen MR) is 99.5 cm³/mol. The number of pyridine rings is 1. The molecule has 0 radical (unpaired) electrons. The molecular formula is C15H16BrN5O4S. The fourth-order valence-electron chi connectivity index (χ4n) is 2.96. The first kappa shape index (κ1) is 18.5. The molecule has 1 aromatic heterocycles. The lowest BCUT2D eigenvalue weighted by Gasteiger charge is -2.21. The molecule has 2 aromatic rings. The maximum atomic E-state index is 13.0. The third-order valence-corrected chi connectivity index (χ3v) is 6.66. The molecule has 1 aliphatic heterocycles. The number of nitrogens with zero attached hydrogens (tertiary/aromatic N) is 3. The zero-order valence-electron chi connectivity index (χ0n) is 13.5. The first-order chi connectivity index (χ1) is 12.2. The van der Waals surface area contributed by atoms with Crippen LogP contribution in [-0.2, 0) is 14.8 Å². The van der Waals surface area contributed by atoms with E-state index in [1.807, 2.05) is 0 Å². The van der Waals surface area contributed by atoms with Gasteiger partial charge >= 0.3 is 5.97 Å². The van der Waals surface area contributed by atoms with E-state index in [9.17, 15) is 18.3 Å². The molecule has 1 atom stereocenters. The molecule has 9 nitrogen and oxygen atoms in total. The average molecular weight is 442 g/mol. The normalized spacial score (nSPS) is 18.1. The molecule has 1 fully saturated rings. The number of fused-ring (bicyclic) bond motifs is 1. The fourth-order valence-corrected chi connectivity index (χ4v) is 5.08. The SMILES string of the molecule is NC(N)=Nc1ncc(Br)c2ccc(S(=O)(=O)N3CCC[C@H]3C(=O)O)cc12. The molecule has 0 amide bonds. The predicted octanol–water partition coefficient (Wildman–Crippen LogP) is 1.14. The molecule has 1 aliphatic rings. The number of aliphatic carboxylic acids is 1. The van der Waals surface area contributed by atoms with Gasteiger partial charge in [-0.25, -0.2) is 13.4 Å². The summed E-state index contributed by atoms with van der Waals surface area (Å²) in [5.74, 6) is -1.19. The third kappa shape index (κ3) is 3.24. The summed E-state index contributed by atoms with van der Waals surface area (Å²) in [6.45, 7) is 0.162. The third-order valence-electron chi connectivity index (χ3n) is 4.12. The summed E-state index contributed by atoms with van der Waals surface area (Å²) < 4.78 is 27.6. The van der Waals surface area contributed by atoms with Crippen LogP contribution in [0.1, 0.15) is 12.8 Å². The van der Waals surface area contributed by atoms with Crippen LogP contribution in [0.4, 0.5) is 5.82 Å². The van der Waals surface area contributed by atoms with E-state index in [2.05, 4.69) is 25.9 Å². The van der Waals surface area contributed by atoms with Crippen molar-refractivity contribution in [1.29, 1.82) is 0 Å². The summed E-state index contributed by atoms with van der Waals surface area (Å²) in [5.41, 5.74) is 10.8. The van der Waals surface area contributed by atoms with Gasteiger partial charge in [-0.1, -0.05) is 6.07 Å². The Morgan fingerprint density at radius 1 is 1.35 bits per heavy atom. The number of carboxylic acid groups (broad SMARTS) is 1. The van der Waals surface area contributed by atoms with Crippen LogP contribution in [0.5, 0.6) is 0 Å². The second-order valence-electron chi connectivity index (χ2n) is 5.79. The Bertz CT molecular complexity index is 1020. The van der Waals surface area contributed by atoms with E-state index in [4.69, 9.17) is 11.5 Å². The zero-order valence-corrected chi connectivity index (χ0v) is 15.9. The molecule has 0 spiro atoms. The van der Waals surface area contributed by atoms with Crippen molar-refractivity contribution in [3.05, 3.63) is 28.9 Å². The van der Waals surface area contributed by atoms with Crippen molar-refractivity contribution in [3.63, 3.8) is 0 Å². The number of carbonyl (C=O) groups is 1. The first-order valence-corrected chi connectivity index (χ1v) is 9.87. The molecular weight excluding hydrogens is 426 g/mol. The van der Waals surface area contributed by atoms with E-state index in [1.54, 1.807) is 6.07 Å². The highest BCUT2D eigenvalue weighted by Gasteiger charge is 2.39. The Labute approximate surface area is 157 Å².